The highest BCUT2D eigenvalue weighted by Gasteiger charge is 2.30. The molecule has 3 aromatic carbocycles. The van der Waals surface area contributed by atoms with E-state index in [1.807, 2.05) is 60.8 Å². The maximum atomic E-state index is 14.0. The lowest BCUT2D eigenvalue weighted by Gasteiger charge is -2.23. The van der Waals surface area contributed by atoms with Crippen LogP contribution in [0.2, 0.25) is 0 Å². The van der Waals surface area contributed by atoms with Crippen LogP contribution in [0.15, 0.2) is 66.0 Å². The maximum absolute atomic E-state index is 14.0. The number of benzene rings is 3. The smallest absolute Gasteiger partial charge is 0.411 e. The number of hydrogen-bond donors (Lipinski definition) is 2. The van der Waals surface area contributed by atoms with Gasteiger partial charge in [0, 0.05) is 39.2 Å². The van der Waals surface area contributed by atoms with Crippen molar-refractivity contribution in [2.75, 3.05) is 26.1 Å². The second kappa shape index (κ2) is 13.7. The Morgan fingerprint density at radius 1 is 1.04 bits per heavy atom. The first-order valence-electron chi connectivity index (χ1n) is 16.6. The lowest BCUT2D eigenvalue weighted by Crippen LogP contribution is -2.30. The molecule has 7 rings (SSSR count). The Bertz CT molecular complexity index is 1960. The van der Waals surface area contributed by atoms with Crippen molar-refractivity contribution < 1.29 is 23.8 Å². The average Bonchev–Trinajstić information content (AvgIpc) is 3.63. The third-order valence-electron chi connectivity index (χ3n) is 9.52. The summed E-state index contributed by atoms with van der Waals surface area (Å²) in [6, 6.07) is 19.4. The standard InChI is InChI=1S/C38H40N4O5S/c1-23-39-32(22-48-23)31(19-24-9-12-27(13-10-24)40-38(44)46-3)41-37(43)26-11-15-29-33(20-26)42-17-18-47-34-21-28(45-2)14-16-30(34)36(42)35(29)25-7-5-4-6-8-25/h9-16,20-22,25,31H,4-8,17-19H2,1-3H3,(H,40,44)(H,41,43)/t31-/m0/s1. The van der Waals surface area contributed by atoms with Gasteiger partial charge in [0.2, 0.25) is 0 Å². The summed E-state index contributed by atoms with van der Waals surface area (Å²) < 4.78 is 18.9. The number of methoxy groups -OCH3 is 2. The van der Waals surface area contributed by atoms with Crippen molar-refractivity contribution in [1.29, 1.82) is 0 Å². The van der Waals surface area contributed by atoms with Crippen molar-refractivity contribution in [3.05, 3.63) is 93.4 Å². The fourth-order valence-corrected chi connectivity index (χ4v) is 7.84. The van der Waals surface area contributed by atoms with Crippen LogP contribution in [0.1, 0.15) is 76.3 Å². The molecule has 9 nitrogen and oxygen atoms in total. The van der Waals surface area contributed by atoms with Crippen LogP contribution in [0, 0.1) is 6.92 Å². The summed E-state index contributed by atoms with van der Waals surface area (Å²) in [7, 11) is 3.01. The minimum atomic E-state index is -0.523. The molecule has 0 radical (unpaired) electrons. The number of nitrogens with zero attached hydrogens (tertiary/aromatic N) is 2. The van der Waals surface area contributed by atoms with Gasteiger partial charge >= 0.3 is 6.09 Å². The number of hydrogen-bond acceptors (Lipinski definition) is 7. The van der Waals surface area contributed by atoms with Crippen LogP contribution in [0.3, 0.4) is 0 Å². The van der Waals surface area contributed by atoms with E-state index in [1.165, 1.54) is 43.0 Å². The number of carbonyl (C=O) groups is 2. The summed E-state index contributed by atoms with van der Waals surface area (Å²) in [5.74, 6) is 1.91. The number of thiazole rings is 1. The first kappa shape index (κ1) is 31.8. The molecule has 2 aromatic heterocycles. The summed E-state index contributed by atoms with van der Waals surface area (Å²) in [5, 5.41) is 10.1. The quantitative estimate of drug-likeness (QED) is 0.173. The second-order valence-electron chi connectivity index (χ2n) is 12.5. The van der Waals surface area contributed by atoms with E-state index in [2.05, 4.69) is 27.3 Å². The van der Waals surface area contributed by atoms with E-state index in [9.17, 15) is 9.59 Å². The minimum absolute atomic E-state index is 0.152. The van der Waals surface area contributed by atoms with Crippen molar-refractivity contribution in [3.63, 3.8) is 0 Å². The number of amides is 2. The second-order valence-corrected chi connectivity index (χ2v) is 13.6. The molecular formula is C38H40N4O5S. The molecule has 2 N–H and O–H groups in total. The van der Waals surface area contributed by atoms with Crippen LogP contribution >= 0.6 is 11.3 Å². The molecule has 1 aliphatic carbocycles. The van der Waals surface area contributed by atoms with E-state index < -0.39 is 6.09 Å². The first-order chi connectivity index (χ1) is 23.4. The van der Waals surface area contributed by atoms with E-state index in [0.717, 1.165) is 51.7 Å². The SMILES string of the molecule is COC(=O)Nc1ccc(C[C@H](NC(=O)c2ccc3c(C4CCCCC4)c4n(c3c2)CCOc2cc(OC)ccc2-4)c2csc(C)n2)cc1. The van der Waals surface area contributed by atoms with Crippen LogP contribution in [0.25, 0.3) is 22.2 Å². The Morgan fingerprint density at radius 3 is 2.58 bits per heavy atom. The summed E-state index contributed by atoms with van der Waals surface area (Å²) in [5.41, 5.74) is 7.76. The van der Waals surface area contributed by atoms with Gasteiger partial charge in [0.25, 0.3) is 5.91 Å². The third kappa shape index (κ3) is 6.36. The summed E-state index contributed by atoms with van der Waals surface area (Å²) in [6.07, 6.45) is 6.07. The number of anilines is 1. The van der Waals surface area contributed by atoms with Crippen molar-refractivity contribution >= 4 is 39.9 Å². The van der Waals surface area contributed by atoms with Gasteiger partial charge in [0.05, 0.1) is 43.2 Å². The Balaban J connectivity index is 1.23. The van der Waals surface area contributed by atoms with Crippen molar-refractivity contribution in [3.8, 4) is 22.8 Å². The number of nitrogens with one attached hydrogen (secondary N) is 2. The van der Waals surface area contributed by atoms with Crippen molar-refractivity contribution in [2.45, 2.75) is 64.0 Å². The van der Waals surface area contributed by atoms with E-state index in [-0.39, 0.29) is 11.9 Å². The number of carbonyl (C=O) groups excluding carboxylic acids is 2. The van der Waals surface area contributed by atoms with E-state index >= 15 is 0 Å². The predicted octanol–water partition coefficient (Wildman–Crippen LogP) is 8.41. The molecular weight excluding hydrogens is 625 g/mol. The van der Waals surface area contributed by atoms with Gasteiger partial charge in [0.1, 0.15) is 18.1 Å². The lowest BCUT2D eigenvalue weighted by molar-refractivity contribution is 0.0935. The van der Waals surface area contributed by atoms with Crippen molar-refractivity contribution in [1.82, 2.24) is 14.9 Å². The molecule has 1 atom stereocenters. The van der Waals surface area contributed by atoms with Crippen LogP contribution in [0.4, 0.5) is 10.5 Å². The average molecular weight is 665 g/mol. The molecule has 2 amide bonds. The molecule has 10 heteroatoms. The zero-order valence-electron chi connectivity index (χ0n) is 27.5. The molecule has 2 aliphatic rings. The van der Waals surface area contributed by atoms with Gasteiger partial charge in [-0.25, -0.2) is 9.78 Å². The maximum Gasteiger partial charge on any atom is 0.411 e. The zero-order valence-corrected chi connectivity index (χ0v) is 28.3. The number of aryl methyl sites for hydroxylation is 1. The molecule has 0 unspecified atom stereocenters. The Kier molecular flexibility index (Phi) is 9.08. The van der Waals surface area contributed by atoms with Gasteiger partial charge in [0.15, 0.2) is 0 Å². The number of fused-ring (bicyclic) bond motifs is 5. The molecule has 3 heterocycles. The molecule has 0 saturated heterocycles. The van der Waals surface area contributed by atoms with Crippen LogP contribution in [-0.4, -0.2) is 42.4 Å². The van der Waals surface area contributed by atoms with E-state index in [1.54, 1.807) is 18.4 Å². The van der Waals surface area contributed by atoms with Gasteiger partial charge in [-0.1, -0.05) is 37.5 Å². The topological polar surface area (TPSA) is 104 Å². The molecule has 1 aliphatic heterocycles. The summed E-state index contributed by atoms with van der Waals surface area (Å²) in [4.78, 5) is 30.4. The van der Waals surface area contributed by atoms with Crippen LogP contribution in [0.5, 0.6) is 11.5 Å². The zero-order chi connectivity index (χ0) is 33.2. The number of ether oxygens (including phenoxy) is 3. The third-order valence-corrected chi connectivity index (χ3v) is 10.3. The van der Waals surface area contributed by atoms with Crippen molar-refractivity contribution in [2.24, 2.45) is 0 Å². The van der Waals surface area contributed by atoms with E-state index in [4.69, 9.17) is 19.2 Å². The van der Waals surface area contributed by atoms with Gasteiger partial charge in [-0.3, -0.25) is 10.1 Å². The van der Waals surface area contributed by atoms with Gasteiger partial charge < -0.3 is 24.1 Å². The fraction of sp³-hybridized carbons (Fsp3) is 0.342. The summed E-state index contributed by atoms with van der Waals surface area (Å²) >= 11 is 1.56. The molecule has 248 valence electrons. The monoisotopic (exact) mass is 664 g/mol. The molecule has 1 fully saturated rings. The van der Waals surface area contributed by atoms with Gasteiger partial charge in [-0.05, 0) is 79.6 Å². The Morgan fingerprint density at radius 2 is 1.85 bits per heavy atom. The highest BCUT2D eigenvalue weighted by Crippen LogP contribution is 2.47. The van der Waals surface area contributed by atoms with Gasteiger partial charge in [-0.15, -0.1) is 11.3 Å². The first-order valence-corrected chi connectivity index (χ1v) is 17.4. The highest BCUT2D eigenvalue weighted by atomic mass is 32.1. The highest BCUT2D eigenvalue weighted by molar-refractivity contribution is 7.09. The van der Waals surface area contributed by atoms with E-state index in [0.29, 0.717) is 36.7 Å². The molecule has 5 aromatic rings. The fourth-order valence-electron chi connectivity index (χ4n) is 7.18. The van der Waals surface area contributed by atoms with Gasteiger partial charge in [-0.2, -0.15) is 0 Å². The minimum Gasteiger partial charge on any atom is -0.497 e. The normalized spacial score (nSPS) is 15.1. The molecule has 1 saturated carbocycles. The lowest BCUT2D eigenvalue weighted by atomic mass is 9.81. The molecule has 0 bridgehead atoms. The predicted molar refractivity (Wildman–Crippen MR) is 188 cm³/mol. The molecule has 48 heavy (non-hydrogen) atoms. The van der Waals surface area contributed by atoms with Crippen LogP contribution < -0.4 is 20.1 Å². The Labute approximate surface area is 284 Å². The number of aromatic nitrogens is 2. The molecule has 0 spiro atoms. The number of rotatable bonds is 8. The Hall–Kier alpha value is -4.83. The van der Waals surface area contributed by atoms with Crippen LogP contribution in [-0.2, 0) is 17.7 Å². The largest absolute Gasteiger partial charge is 0.497 e. The summed E-state index contributed by atoms with van der Waals surface area (Å²) in [6.45, 7) is 3.17.